The Morgan fingerprint density at radius 2 is 2.05 bits per heavy atom. The average molecular weight is 296 g/mol. The third-order valence-electron chi connectivity index (χ3n) is 3.95. The number of benzene rings is 1. The Bertz CT molecular complexity index is 615. The lowest BCUT2D eigenvalue weighted by atomic mass is 9.89. The molecule has 0 bridgehead atoms. The molecule has 2 N–H and O–H groups in total. The van der Waals surface area contributed by atoms with E-state index in [9.17, 15) is 5.11 Å². The van der Waals surface area contributed by atoms with Crippen LogP contribution in [0, 0.1) is 5.41 Å². The molecular weight excluding hydrogens is 274 g/mol. The van der Waals surface area contributed by atoms with Crippen molar-refractivity contribution in [2.45, 2.75) is 40.0 Å². The fourth-order valence-electron chi connectivity index (χ4n) is 2.62. The van der Waals surface area contributed by atoms with Crippen LogP contribution in [-0.2, 0) is 13.1 Å². The van der Waals surface area contributed by atoms with Crippen molar-refractivity contribution in [3.63, 3.8) is 0 Å². The Morgan fingerprint density at radius 3 is 2.75 bits per heavy atom. The maximum atomic E-state index is 10.4. The highest BCUT2D eigenvalue weighted by Gasteiger charge is 2.31. The van der Waals surface area contributed by atoms with Crippen molar-refractivity contribution in [1.29, 1.82) is 0 Å². The van der Waals surface area contributed by atoms with Gasteiger partial charge in [-0.05, 0) is 17.5 Å². The summed E-state index contributed by atoms with van der Waals surface area (Å²) in [6, 6.07) is 8.39. The van der Waals surface area contributed by atoms with Crippen molar-refractivity contribution in [3.8, 4) is 0 Å². The quantitative estimate of drug-likeness (QED) is 0.681. The van der Waals surface area contributed by atoms with Gasteiger partial charge in [-0.3, -0.25) is 5.32 Å². The molecule has 110 valence electrons. The number of aliphatic hydroxyl groups is 1. The number of aromatic nitrogens is 2. The Balaban J connectivity index is 0.00000147. The largest absolute Gasteiger partial charge is 1.00 e. The molecule has 1 unspecified atom stereocenters. The molecule has 0 fully saturated rings. The molecular formula is C15H22ClN3O. The molecule has 2 heterocycles. The molecule has 3 rings (SSSR count). The van der Waals surface area contributed by atoms with Crippen LogP contribution >= 0.6 is 0 Å². The number of halogens is 1. The van der Waals surface area contributed by atoms with Gasteiger partial charge in [0.1, 0.15) is 17.6 Å². The second kappa shape index (κ2) is 5.26. The van der Waals surface area contributed by atoms with Gasteiger partial charge in [0.05, 0.1) is 19.2 Å². The van der Waals surface area contributed by atoms with Gasteiger partial charge >= 0.3 is 5.95 Å². The van der Waals surface area contributed by atoms with E-state index >= 15 is 0 Å². The zero-order chi connectivity index (χ0) is 13.6. The lowest BCUT2D eigenvalue weighted by Crippen LogP contribution is -3.00. The van der Waals surface area contributed by atoms with E-state index in [1.54, 1.807) is 0 Å². The third-order valence-corrected chi connectivity index (χ3v) is 3.95. The number of hydrogen-bond acceptors (Lipinski definition) is 2. The van der Waals surface area contributed by atoms with Gasteiger partial charge in [0.2, 0.25) is 0 Å². The number of hydrogen-bond donors (Lipinski definition) is 2. The van der Waals surface area contributed by atoms with E-state index in [4.69, 9.17) is 0 Å². The van der Waals surface area contributed by atoms with Crippen LogP contribution in [0.5, 0.6) is 0 Å². The highest BCUT2D eigenvalue weighted by atomic mass is 35.5. The summed E-state index contributed by atoms with van der Waals surface area (Å²) >= 11 is 0. The molecule has 1 aromatic heterocycles. The van der Waals surface area contributed by atoms with Gasteiger partial charge in [-0.25, -0.2) is 9.13 Å². The normalized spacial score (nSPS) is 15.6. The zero-order valence-electron chi connectivity index (χ0n) is 12.2. The summed E-state index contributed by atoms with van der Waals surface area (Å²) in [5, 5.41) is 13.8. The predicted molar refractivity (Wildman–Crippen MR) is 76.1 cm³/mol. The molecule has 1 atom stereocenters. The summed E-state index contributed by atoms with van der Waals surface area (Å²) in [5.74, 6) is 1.12. The van der Waals surface area contributed by atoms with Crippen LogP contribution in [0.3, 0.4) is 0 Å². The minimum Gasteiger partial charge on any atom is -1.00 e. The van der Waals surface area contributed by atoms with Crippen LogP contribution in [-0.4, -0.2) is 22.3 Å². The van der Waals surface area contributed by atoms with Crippen LogP contribution in [0.25, 0.3) is 11.0 Å². The lowest BCUT2D eigenvalue weighted by Gasteiger charge is -2.25. The highest BCUT2D eigenvalue weighted by molar-refractivity contribution is 5.74. The van der Waals surface area contributed by atoms with Crippen LogP contribution in [0.1, 0.15) is 20.8 Å². The predicted octanol–water partition coefficient (Wildman–Crippen LogP) is -1.23. The topological polar surface area (TPSA) is 41.1 Å². The first-order valence-electron chi connectivity index (χ1n) is 6.91. The van der Waals surface area contributed by atoms with Crippen LogP contribution in [0.2, 0.25) is 0 Å². The zero-order valence-corrected chi connectivity index (χ0v) is 13.0. The third kappa shape index (κ3) is 2.38. The number of nitrogens with one attached hydrogen (secondary N) is 1. The summed E-state index contributed by atoms with van der Waals surface area (Å²) in [6.07, 6.45) is -0.365. The molecule has 1 aromatic carbocycles. The van der Waals surface area contributed by atoms with E-state index in [1.165, 1.54) is 11.0 Å². The van der Waals surface area contributed by atoms with Crippen LogP contribution in [0.15, 0.2) is 24.3 Å². The van der Waals surface area contributed by atoms with E-state index in [-0.39, 0.29) is 23.9 Å². The summed E-state index contributed by atoms with van der Waals surface area (Å²) in [4.78, 5) is 0. The molecule has 0 spiro atoms. The van der Waals surface area contributed by atoms with Crippen molar-refractivity contribution in [2.24, 2.45) is 5.41 Å². The molecule has 4 nitrogen and oxygen atoms in total. The Morgan fingerprint density at radius 1 is 1.35 bits per heavy atom. The second-order valence-corrected chi connectivity index (χ2v) is 6.38. The van der Waals surface area contributed by atoms with Crippen LogP contribution < -0.4 is 22.3 Å². The molecule has 0 radical (unpaired) electrons. The van der Waals surface area contributed by atoms with Gasteiger partial charge in [-0.15, -0.1) is 0 Å². The van der Waals surface area contributed by atoms with Crippen molar-refractivity contribution >= 4 is 17.0 Å². The SMILES string of the molecule is CC(C)(C)C(O)Cn1c2[n+](c3ccccc31)CCN2.[Cl-]. The number of anilines is 1. The number of rotatable bonds is 2. The summed E-state index contributed by atoms with van der Waals surface area (Å²) in [5.41, 5.74) is 2.32. The van der Waals surface area contributed by atoms with Crippen molar-refractivity contribution < 1.29 is 22.1 Å². The fourth-order valence-corrected chi connectivity index (χ4v) is 2.62. The van der Waals surface area contributed by atoms with Crippen molar-refractivity contribution in [2.75, 3.05) is 11.9 Å². The molecule has 0 aliphatic carbocycles. The minimum atomic E-state index is -0.365. The smallest absolute Gasteiger partial charge is 0.358 e. The molecule has 0 amide bonds. The van der Waals surface area contributed by atoms with Crippen LogP contribution in [0.4, 0.5) is 5.95 Å². The Kier molecular flexibility index (Phi) is 3.98. The maximum Gasteiger partial charge on any atom is 0.358 e. The molecule has 20 heavy (non-hydrogen) atoms. The summed E-state index contributed by atoms with van der Waals surface area (Å²) in [7, 11) is 0. The van der Waals surface area contributed by atoms with Crippen molar-refractivity contribution in [3.05, 3.63) is 24.3 Å². The van der Waals surface area contributed by atoms with E-state index < -0.39 is 0 Å². The maximum absolute atomic E-state index is 10.4. The fraction of sp³-hybridized carbons (Fsp3) is 0.533. The number of imidazole rings is 1. The standard InChI is InChI=1S/C15H21N3O.ClH/c1-15(2,3)13(19)10-18-12-7-5-4-6-11(12)17-9-8-16-14(17)18;/h4-7,13,19H,8-10H2,1-3H3;1H. The first kappa shape index (κ1) is 15.1. The Hall–Kier alpha value is -1.26. The second-order valence-electron chi connectivity index (χ2n) is 6.38. The van der Waals surface area contributed by atoms with Gasteiger partial charge in [0, 0.05) is 0 Å². The summed E-state index contributed by atoms with van der Waals surface area (Å²) < 4.78 is 4.50. The summed E-state index contributed by atoms with van der Waals surface area (Å²) in [6.45, 7) is 8.80. The van der Waals surface area contributed by atoms with E-state index in [0.717, 1.165) is 19.0 Å². The average Bonchev–Trinajstić information content (AvgIpc) is 2.91. The van der Waals surface area contributed by atoms with Gasteiger partial charge < -0.3 is 17.5 Å². The van der Waals surface area contributed by atoms with Gasteiger partial charge in [-0.1, -0.05) is 32.9 Å². The number of nitrogens with zero attached hydrogens (tertiary/aromatic N) is 2. The molecule has 0 saturated carbocycles. The Labute approximate surface area is 125 Å². The lowest BCUT2D eigenvalue weighted by molar-refractivity contribution is -0.644. The van der Waals surface area contributed by atoms with E-state index in [1.807, 2.05) is 0 Å². The molecule has 5 heteroatoms. The molecule has 2 aromatic rings. The van der Waals surface area contributed by atoms with Crippen molar-refractivity contribution in [1.82, 2.24) is 4.57 Å². The highest BCUT2D eigenvalue weighted by Crippen LogP contribution is 2.25. The first-order chi connectivity index (χ1) is 8.98. The number of aliphatic hydroxyl groups excluding tert-OH is 1. The van der Waals surface area contributed by atoms with E-state index in [0.29, 0.717) is 6.54 Å². The van der Waals surface area contributed by atoms with E-state index in [2.05, 4.69) is 59.5 Å². The monoisotopic (exact) mass is 295 g/mol. The van der Waals surface area contributed by atoms with Gasteiger partial charge in [0.25, 0.3) is 0 Å². The molecule has 0 saturated heterocycles. The number of fused-ring (bicyclic) bond motifs is 3. The van der Waals surface area contributed by atoms with Gasteiger partial charge in [-0.2, -0.15) is 0 Å². The first-order valence-corrected chi connectivity index (χ1v) is 6.91. The minimum absolute atomic E-state index is 0. The molecule has 1 aliphatic heterocycles. The number of para-hydroxylation sites is 2. The van der Waals surface area contributed by atoms with Gasteiger partial charge in [0.15, 0.2) is 0 Å². The molecule has 1 aliphatic rings.